The molecule has 0 aliphatic heterocycles. The molecule has 0 radical (unpaired) electrons. The summed E-state index contributed by atoms with van der Waals surface area (Å²) in [6.07, 6.45) is 1.29. The number of nitrogens with zero attached hydrogens (tertiary/aromatic N) is 1. The number of amides is 1. The molecule has 6 nitrogen and oxygen atoms in total. The molecule has 3 rings (SSSR count). The van der Waals surface area contributed by atoms with E-state index >= 15 is 0 Å². The van der Waals surface area contributed by atoms with E-state index in [1.54, 1.807) is 24.5 Å². The lowest BCUT2D eigenvalue weighted by molar-refractivity contribution is -0.121. The Morgan fingerprint density at radius 3 is 2.81 bits per heavy atom. The summed E-state index contributed by atoms with van der Waals surface area (Å²) < 4.78 is 10.6. The SMILES string of the molecule is COc1ccc2c(C)c(CCC(=O)NCCc3csc(C)n3)c(=O)oc2c1. The maximum Gasteiger partial charge on any atom is 0.339 e. The van der Waals surface area contributed by atoms with E-state index in [0.29, 0.717) is 36.3 Å². The first kappa shape index (κ1) is 19.1. The second kappa shape index (κ2) is 8.35. The first-order chi connectivity index (χ1) is 13.0. The summed E-state index contributed by atoms with van der Waals surface area (Å²) in [5, 5.41) is 6.75. The van der Waals surface area contributed by atoms with Gasteiger partial charge in [0.2, 0.25) is 5.91 Å². The van der Waals surface area contributed by atoms with Gasteiger partial charge in [-0.05, 0) is 38.0 Å². The average molecular weight is 386 g/mol. The third-order valence-electron chi connectivity index (χ3n) is 4.47. The van der Waals surface area contributed by atoms with E-state index in [1.165, 1.54) is 0 Å². The van der Waals surface area contributed by atoms with Gasteiger partial charge in [-0.2, -0.15) is 0 Å². The number of carbonyl (C=O) groups is 1. The number of hydrogen-bond donors (Lipinski definition) is 1. The molecule has 0 unspecified atom stereocenters. The minimum atomic E-state index is -0.404. The van der Waals surface area contributed by atoms with E-state index in [2.05, 4.69) is 10.3 Å². The van der Waals surface area contributed by atoms with Crippen LogP contribution in [0.25, 0.3) is 11.0 Å². The Balaban J connectivity index is 1.62. The number of ether oxygens (including phenoxy) is 1. The molecule has 1 aromatic carbocycles. The van der Waals surface area contributed by atoms with Crippen molar-refractivity contribution in [1.82, 2.24) is 10.3 Å². The lowest BCUT2D eigenvalue weighted by Gasteiger charge is -2.09. The van der Waals surface area contributed by atoms with Gasteiger partial charge in [-0.15, -0.1) is 11.3 Å². The van der Waals surface area contributed by atoms with Crippen molar-refractivity contribution < 1.29 is 13.9 Å². The minimum absolute atomic E-state index is 0.0874. The fourth-order valence-electron chi connectivity index (χ4n) is 2.97. The monoisotopic (exact) mass is 386 g/mol. The molecule has 0 saturated heterocycles. The van der Waals surface area contributed by atoms with Crippen molar-refractivity contribution in [3.63, 3.8) is 0 Å². The highest BCUT2D eigenvalue weighted by Gasteiger charge is 2.13. The number of nitrogens with one attached hydrogen (secondary N) is 1. The number of benzene rings is 1. The lowest BCUT2D eigenvalue weighted by atomic mass is 10.0. The highest BCUT2D eigenvalue weighted by molar-refractivity contribution is 7.09. The van der Waals surface area contributed by atoms with E-state index in [9.17, 15) is 9.59 Å². The number of rotatable bonds is 7. The van der Waals surface area contributed by atoms with E-state index in [1.807, 2.05) is 31.4 Å². The van der Waals surface area contributed by atoms with Gasteiger partial charge in [-0.3, -0.25) is 4.79 Å². The summed E-state index contributed by atoms with van der Waals surface area (Å²) in [6, 6.07) is 5.39. The maximum absolute atomic E-state index is 12.3. The van der Waals surface area contributed by atoms with Crippen molar-refractivity contribution in [3.05, 3.63) is 55.8 Å². The number of thiazole rings is 1. The summed E-state index contributed by atoms with van der Waals surface area (Å²) in [4.78, 5) is 28.8. The molecule has 0 aliphatic carbocycles. The molecule has 0 bridgehead atoms. The maximum atomic E-state index is 12.3. The minimum Gasteiger partial charge on any atom is -0.497 e. The van der Waals surface area contributed by atoms with Crippen molar-refractivity contribution >= 4 is 28.2 Å². The Bertz CT molecular complexity index is 1020. The Hall–Kier alpha value is -2.67. The second-order valence-electron chi connectivity index (χ2n) is 6.31. The number of hydrogen-bond acceptors (Lipinski definition) is 6. The van der Waals surface area contributed by atoms with Crippen LogP contribution in [0.2, 0.25) is 0 Å². The van der Waals surface area contributed by atoms with Crippen molar-refractivity contribution in [2.75, 3.05) is 13.7 Å². The largest absolute Gasteiger partial charge is 0.497 e. The van der Waals surface area contributed by atoms with E-state index in [-0.39, 0.29) is 12.3 Å². The molecule has 2 aromatic heterocycles. The number of aromatic nitrogens is 1. The molecule has 0 aliphatic rings. The summed E-state index contributed by atoms with van der Waals surface area (Å²) >= 11 is 1.60. The van der Waals surface area contributed by atoms with Crippen LogP contribution in [0.5, 0.6) is 5.75 Å². The third kappa shape index (κ3) is 4.54. The predicted octanol–water partition coefficient (Wildman–Crippen LogP) is 3.17. The Kier molecular flexibility index (Phi) is 5.91. The molecule has 7 heteroatoms. The Morgan fingerprint density at radius 2 is 2.11 bits per heavy atom. The molecule has 2 heterocycles. The van der Waals surface area contributed by atoms with Crippen molar-refractivity contribution in [2.45, 2.75) is 33.1 Å². The van der Waals surface area contributed by atoms with Crippen LogP contribution in [0.4, 0.5) is 0 Å². The van der Waals surface area contributed by atoms with Crippen LogP contribution in [-0.4, -0.2) is 24.5 Å². The average Bonchev–Trinajstić information content (AvgIpc) is 3.06. The quantitative estimate of drug-likeness (QED) is 0.631. The molecule has 142 valence electrons. The van der Waals surface area contributed by atoms with Crippen LogP contribution in [0.1, 0.15) is 28.2 Å². The van der Waals surface area contributed by atoms with Crippen molar-refractivity contribution in [2.24, 2.45) is 0 Å². The molecule has 1 N–H and O–H groups in total. The molecule has 3 aromatic rings. The number of carbonyl (C=O) groups excluding carboxylic acids is 1. The molecule has 0 saturated carbocycles. The Labute approximate surface area is 161 Å². The zero-order valence-corrected chi connectivity index (χ0v) is 16.4. The van der Waals surface area contributed by atoms with Crippen LogP contribution in [0.15, 0.2) is 32.8 Å². The molecule has 0 atom stereocenters. The summed E-state index contributed by atoms with van der Waals surface area (Å²) in [5.74, 6) is 0.545. The summed E-state index contributed by atoms with van der Waals surface area (Å²) in [7, 11) is 1.56. The van der Waals surface area contributed by atoms with Gasteiger partial charge < -0.3 is 14.5 Å². The fraction of sp³-hybridized carbons (Fsp3) is 0.350. The van der Waals surface area contributed by atoms with Crippen LogP contribution in [-0.2, 0) is 17.6 Å². The van der Waals surface area contributed by atoms with Crippen molar-refractivity contribution in [1.29, 1.82) is 0 Å². The normalized spacial score (nSPS) is 10.9. The standard InChI is InChI=1S/C20H22N2O4S/c1-12-16-5-4-15(25-3)10-18(16)26-20(24)17(12)6-7-19(23)21-9-8-14-11-27-13(2)22-14/h4-5,10-11H,6-9H2,1-3H3,(H,21,23). The first-order valence-electron chi connectivity index (χ1n) is 8.76. The first-order valence-corrected chi connectivity index (χ1v) is 9.64. The third-order valence-corrected chi connectivity index (χ3v) is 5.29. The summed E-state index contributed by atoms with van der Waals surface area (Å²) in [6.45, 7) is 4.37. The van der Waals surface area contributed by atoms with E-state index in [0.717, 1.165) is 21.7 Å². The molecule has 0 fully saturated rings. The summed E-state index contributed by atoms with van der Waals surface area (Å²) in [5.41, 5.74) is 2.45. The van der Waals surface area contributed by atoms with Gasteiger partial charge in [0.15, 0.2) is 0 Å². The van der Waals surface area contributed by atoms with Gasteiger partial charge >= 0.3 is 5.63 Å². The molecular formula is C20H22N2O4S. The van der Waals surface area contributed by atoms with Crippen LogP contribution >= 0.6 is 11.3 Å². The number of aryl methyl sites for hydroxylation is 2. The zero-order chi connectivity index (χ0) is 19.4. The Morgan fingerprint density at radius 1 is 1.30 bits per heavy atom. The molecule has 1 amide bonds. The lowest BCUT2D eigenvalue weighted by Crippen LogP contribution is -2.26. The van der Waals surface area contributed by atoms with Crippen LogP contribution < -0.4 is 15.7 Å². The fourth-order valence-corrected chi connectivity index (χ4v) is 3.62. The van der Waals surface area contributed by atoms with Gasteiger partial charge in [0.1, 0.15) is 11.3 Å². The van der Waals surface area contributed by atoms with Gasteiger partial charge in [0.25, 0.3) is 0 Å². The topological polar surface area (TPSA) is 81.4 Å². The second-order valence-corrected chi connectivity index (χ2v) is 7.38. The van der Waals surface area contributed by atoms with Gasteiger partial charge in [0, 0.05) is 41.8 Å². The van der Waals surface area contributed by atoms with E-state index < -0.39 is 5.63 Å². The van der Waals surface area contributed by atoms with E-state index in [4.69, 9.17) is 9.15 Å². The van der Waals surface area contributed by atoms with Crippen molar-refractivity contribution in [3.8, 4) is 5.75 Å². The van der Waals surface area contributed by atoms with Gasteiger partial charge in [0.05, 0.1) is 17.8 Å². The highest BCUT2D eigenvalue weighted by Crippen LogP contribution is 2.24. The van der Waals surface area contributed by atoms with Gasteiger partial charge in [-0.25, -0.2) is 9.78 Å². The smallest absolute Gasteiger partial charge is 0.339 e. The molecular weight excluding hydrogens is 364 g/mol. The predicted molar refractivity (Wildman–Crippen MR) is 106 cm³/mol. The zero-order valence-electron chi connectivity index (χ0n) is 15.6. The number of methoxy groups -OCH3 is 1. The molecule has 27 heavy (non-hydrogen) atoms. The van der Waals surface area contributed by atoms with Crippen LogP contribution in [0, 0.1) is 13.8 Å². The number of fused-ring (bicyclic) bond motifs is 1. The highest BCUT2D eigenvalue weighted by atomic mass is 32.1. The van der Waals surface area contributed by atoms with Gasteiger partial charge in [-0.1, -0.05) is 0 Å². The molecule has 0 spiro atoms. The van der Waals surface area contributed by atoms with Crippen LogP contribution in [0.3, 0.4) is 0 Å².